The van der Waals surface area contributed by atoms with Crippen molar-refractivity contribution < 1.29 is 9.59 Å². The Morgan fingerprint density at radius 3 is 2.78 bits per heavy atom. The van der Waals surface area contributed by atoms with Crippen LogP contribution < -0.4 is 5.32 Å². The molecule has 1 aromatic rings. The van der Waals surface area contributed by atoms with Crippen molar-refractivity contribution in [3.63, 3.8) is 0 Å². The van der Waals surface area contributed by atoms with Crippen molar-refractivity contribution in [3.8, 4) is 0 Å². The third-order valence-corrected chi connectivity index (χ3v) is 2.91. The summed E-state index contributed by atoms with van der Waals surface area (Å²) in [5.74, 6) is -0.394. The molecule has 0 spiro atoms. The van der Waals surface area contributed by atoms with Gasteiger partial charge in [0.1, 0.15) is 5.15 Å². The number of rotatable bonds is 4. The van der Waals surface area contributed by atoms with Crippen LogP contribution in [0.4, 0.5) is 0 Å². The molecule has 0 aromatic carbocycles. The van der Waals surface area contributed by atoms with Crippen LogP contribution in [0.25, 0.3) is 0 Å². The summed E-state index contributed by atoms with van der Waals surface area (Å²) in [5, 5.41) is 2.75. The number of aromatic nitrogens is 1. The molecule has 2 amide bonds. The number of amides is 2. The topological polar surface area (TPSA) is 62.3 Å². The van der Waals surface area contributed by atoms with Gasteiger partial charge in [-0.15, -0.1) is 0 Å². The van der Waals surface area contributed by atoms with Crippen LogP contribution in [0.1, 0.15) is 16.8 Å². The average molecular weight is 335 g/mol. The van der Waals surface area contributed by atoms with Gasteiger partial charge in [0, 0.05) is 37.7 Å². The zero-order valence-corrected chi connectivity index (χ0v) is 12.4. The first-order chi connectivity index (χ1) is 8.41. The number of pyridine rings is 1. The SMILES string of the molecule is CN(C)C(=O)CCNC(=O)c1cc(Br)cnc1Cl. The number of nitrogens with zero attached hydrogens (tertiary/aromatic N) is 2. The maximum Gasteiger partial charge on any atom is 0.254 e. The monoisotopic (exact) mass is 333 g/mol. The highest BCUT2D eigenvalue weighted by molar-refractivity contribution is 9.10. The maximum atomic E-state index is 11.8. The third-order valence-electron chi connectivity index (χ3n) is 2.17. The summed E-state index contributed by atoms with van der Waals surface area (Å²) in [6.07, 6.45) is 1.76. The summed E-state index contributed by atoms with van der Waals surface area (Å²) < 4.78 is 0.668. The lowest BCUT2D eigenvalue weighted by molar-refractivity contribution is -0.128. The van der Waals surface area contributed by atoms with Gasteiger partial charge >= 0.3 is 0 Å². The zero-order chi connectivity index (χ0) is 13.7. The number of carbonyl (C=O) groups is 2. The fourth-order valence-corrected chi connectivity index (χ4v) is 1.70. The molecule has 1 rings (SSSR count). The largest absolute Gasteiger partial charge is 0.351 e. The summed E-state index contributed by atoms with van der Waals surface area (Å²) in [5.41, 5.74) is 0.281. The van der Waals surface area contributed by atoms with Gasteiger partial charge < -0.3 is 10.2 Å². The molecule has 18 heavy (non-hydrogen) atoms. The minimum Gasteiger partial charge on any atom is -0.351 e. The lowest BCUT2D eigenvalue weighted by Gasteiger charge is -2.10. The molecule has 0 unspecified atom stereocenters. The van der Waals surface area contributed by atoms with Gasteiger partial charge in [0.05, 0.1) is 5.56 Å². The second-order valence-electron chi connectivity index (χ2n) is 3.79. The lowest BCUT2D eigenvalue weighted by Crippen LogP contribution is -2.30. The molecule has 5 nitrogen and oxygen atoms in total. The van der Waals surface area contributed by atoms with Crippen LogP contribution in [0.2, 0.25) is 5.15 Å². The van der Waals surface area contributed by atoms with Crippen LogP contribution in [0.3, 0.4) is 0 Å². The Balaban J connectivity index is 2.56. The highest BCUT2D eigenvalue weighted by atomic mass is 79.9. The van der Waals surface area contributed by atoms with Crippen LogP contribution in [0, 0.1) is 0 Å². The summed E-state index contributed by atoms with van der Waals surface area (Å²) in [4.78, 5) is 28.4. The van der Waals surface area contributed by atoms with Crippen LogP contribution in [-0.2, 0) is 4.79 Å². The number of nitrogens with one attached hydrogen (secondary N) is 1. The molecule has 0 aliphatic rings. The van der Waals surface area contributed by atoms with E-state index in [0.717, 1.165) is 0 Å². The third kappa shape index (κ3) is 4.27. The Bertz CT molecular complexity index is 466. The van der Waals surface area contributed by atoms with E-state index >= 15 is 0 Å². The predicted molar refractivity (Wildman–Crippen MR) is 72.6 cm³/mol. The Morgan fingerprint density at radius 1 is 1.50 bits per heavy atom. The van der Waals surface area contributed by atoms with E-state index in [0.29, 0.717) is 4.47 Å². The first kappa shape index (κ1) is 14.9. The first-order valence-electron chi connectivity index (χ1n) is 5.21. The van der Waals surface area contributed by atoms with Crippen LogP contribution >= 0.6 is 27.5 Å². The predicted octanol–water partition coefficient (Wildman–Crippen LogP) is 1.71. The molecule has 1 heterocycles. The number of carbonyl (C=O) groups excluding carboxylic acids is 2. The molecule has 0 aliphatic heterocycles. The highest BCUT2D eigenvalue weighted by Gasteiger charge is 2.12. The molecular weight excluding hydrogens is 321 g/mol. The van der Waals surface area contributed by atoms with Gasteiger partial charge in [-0.3, -0.25) is 9.59 Å². The standard InChI is InChI=1S/C11H13BrClN3O2/c1-16(2)9(17)3-4-14-11(18)8-5-7(12)6-15-10(8)13/h5-6H,3-4H2,1-2H3,(H,14,18). The van der Waals surface area contributed by atoms with E-state index in [2.05, 4.69) is 26.2 Å². The molecule has 1 aromatic heterocycles. The molecule has 0 saturated carbocycles. The van der Waals surface area contributed by atoms with E-state index < -0.39 is 0 Å². The van der Waals surface area contributed by atoms with Gasteiger partial charge in [0.15, 0.2) is 0 Å². The second-order valence-corrected chi connectivity index (χ2v) is 5.06. The fourth-order valence-electron chi connectivity index (χ4n) is 1.18. The molecule has 0 atom stereocenters. The fraction of sp³-hybridized carbons (Fsp3) is 0.364. The van der Waals surface area contributed by atoms with E-state index in [1.54, 1.807) is 20.2 Å². The molecule has 0 fully saturated rings. The van der Waals surface area contributed by atoms with Crippen molar-refractivity contribution >= 4 is 39.3 Å². The minimum atomic E-state index is -0.347. The van der Waals surface area contributed by atoms with Crippen molar-refractivity contribution in [2.75, 3.05) is 20.6 Å². The van der Waals surface area contributed by atoms with Crippen molar-refractivity contribution in [2.24, 2.45) is 0 Å². The molecule has 0 radical (unpaired) electrons. The summed E-state index contributed by atoms with van der Waals surface area (Å²) in [6, 6.07) is 1.58. The molecule has 0 aliphatic carbocycles. The Hall–Kier alpha value is -1.14. The van der Waals surface area contributed by atoms with Crippen molar-refractivity contribution in [1.29, 1.82) is 0 Å². The average Bonchev–Trinajstić information content (AvgIpc) is 2.31. The number of hydrogen-bond acceptors (Lipinski definition) is 3. The summed E-state index contributed by atoms with van der Waals surface area (Å²) in [6.45, 7) is 0.263. The van der Waals surface area contributed by atoms with Gasteiger partial charge in [-0.2, -0.15) is 0 Å². The van der Waals surface area contributed by atoms with Crippen molar-refractivity contribution in [3.05, 3.63) is 27.5 Å². The second kappa shape index (κ2) is 6.70. The Morgan fingerprint density at radius 2 is 2.17 bits per heavy atom. The lowest BCUT2D eigenvalue weighted by atomic mass is 10.2. The zero-order valence-electron chi connectivity index (χ0n) is 10.0. The van der Waals surface area contributed by atoms with Gasteiger partial charge in [-0.05, 0) is 22.0 Å². The summed E-state index contributed by atoms with van der Waals surface area (Å²) in [7, 11) is 3.33. The van der Waals surface area contributed by atoms with Crippen molar-refractivity contribution in [1.82, 2.24) is 15.2 Å². The van der Waals surface area contributed by atoms with Gasteiger partial charge in [0.25, 0.3) is 5.91 Å². The van der Waals surface area contributed by atoms with E-state index in [4.69, 9.17) is 11.6 Å². The van der Waals surface area contributed by atoms with Gasteiger partial charge in [0.2, 0.25) is 5.91 Å². The van der Waals surface area contributed by atoms with E-state index in [-0.39, 0.29) is 35.5 Å². The molecule has 0 saturated heterocycles. The highest BCUT2D eigenvalue weighted by Crippen LogP contribution is 2.17. The smallest absolute Gasteiger partial charge is 0.254 e. The Labute approximate surface area is 119 Å². The van der Waals surface area contributed by atoms with Crippen LogP contribution in [-0.4, -0.2) is 42.3 Å². The summed E-state index contributed by atoms with van der Waals surface area (Å²) >= 11 is 9.03. The van der Waals surface area contributed by atoms with Gasteiger partial charge in [-0.25, -0.2) is 4.98 Å². The molecule has 1 N–H and O–H groups in total. The minimum absolute atomic E-state index is 0.0474. The molecular formula is C11H13BrClN3O2. The van der Waals surface area contributed by atoms with Crippen LogP contribution in [0.15, 0.2) is 16.7 Å². The molecule has 7 heteroatoms. The van der Waals surface area contributed by atoms with Crippen LogP contribution in [0.5, 0.6) is 0 Å². The number of hydrogen-bond donors (Lipinski definition) is 1. The van der Waals surface area contributed by atoms with E-state index in [1.165, 1.54) is 11.1 Å². The normalized spacial score (nSPS) is 10.0. The maximum absolute atomic E-state index is 11.8. The van der Waals surface area contributed by atoms with Crippen molar-refractivity contribution in [2.45, 2.75) is 6.42 Å². The quantitative estimate of drug-likeness (QED) is 0.853. The first-order valence-corrected chi connectivity index (χ1v) is 6.38. The van der Waals surface area contributed by atoms with Gasteiger partial charge in [-0.1, -0.05) is 11.6 Å². The molecule has 0 bridgehead atoms. The number of halogens is 2. The Kier molecular flexibility index (Phi) is 5.55. The van der Waals surface area contributed by atoms with E-state index in [1.807, 2.05) is 0 Å². The molecule has 98 valence electrons. The van der Waals surface area contributed by atoms with E-state index in [9.17, 15) is 9.59 Å².